The van der Waals surface area contributed by atoms with Crippen molar-refractivity contribution in [1.29, 1.82) is 0 Å². The van der Waals surface area contributed by atoms with Crippen LogP contribution in [-0.2, 0) is 0 Å². The summed E-state index contributed by atoms with van der Waals surface area (Å²) in [5.74, 6) is 6.01. The molecule has 0 heterocycles. The Labute approximate surface area is 58.7 Å². The summed E-state index contributed by atoms with van der Waals surface area (Å²) in [6.07, 6.45) is 1.71. The van der Waals surface area contributed by atoms with Crippen LogP contribution in [0.5, 0.6) is 0 Å². The lowest BCUT2D eigenvalue weighted by Crippen LogP contribution is -2.01. The minimum Gasteiger partial charge on any atom is -0.103 e. The quantitative estimate of drug-likeness (QED) is 0.434. The number of hydrogen-bond donors (Lipinski definition) is 0. The molecule has 1 radical (unpaired) electrons. The third-order valence-electron chi connectivity index (χ3n) is 0.869. The van der Waals surface area contributed by atoms with Crippen LogP contribution in [-0.4, -0.2) is 0 Å². The summed E-state index contributed by atoms with van der Waals surface area (Å²) in [5, 5.41) is 0. The number of rotatable bonds is 0. The lowest BCUT2D eigenvalue weighted by Gasteiger charge is -2.12. The molecule has 0 amide bonds. The van der Waals surface area contributed by atoms with Crippen molar-refractivity contribution in [2.45, 2.75) is 33.6 Å². The summed E-state index contributed by atoms with van der Waals surface area (Å²) in [7, 11) is 0. The maximum absolute atomic E-state index is 3.63. The molecular weight excluding hydrogens is 108 g/mol. The van der Waals surface area contributed by atoms with Crippen LogP contribution in [0.1, 0.15) is 33.6 Å². The van der Waals surface area contributed by atoms with E-state index in [4.69, 9.17) is 0 Å². The largest absolute Gasteiger partial charge is 0.103 e. The van der Waals surface area contributed by atoms with Crippen molar-refractivity contribution >= 4 is 0 Å². The van der Waals surface area contributed by atoms with E-state index in [2.05, 4.69) is 39.5 Å². The molecule has 0 aromatic carbocycles. The van der Waals surface area contributed by atoms with Crippen LogP contribution in [0, 0.1) is 24.2 Å². The molecule has 0 rings (SSSR count). The van der Waals surface area contributed by atoms with E-state index in [0.29, 0.717) is 5.41 Å². The Morgan fingerprint density at radius 3 is 2.11 bits per heavy atom. The van der Waals surface area contributed by atoms with Gasteiger partial charge in [-0.25, -0.2) is 0 Å². The molecule has 0 saturated carbocycles. The molecule has 0 aliphatic heterocycles. The Bertz CT molecular complexity index is 115. The number of hydrogen-bond acceptors (Lipinski definition) is 0. The van der Waals surface area contributed by atoms with E-state index in [1.165, 1.54) is 0 Å². The monoisotopic (exact) mass is 123 g/mol. The molecule has 0 aliphatic rings. The van der Waals surface area contributed by atoms with Crippen LogP contribution >= 0.6 is 0 Å². The predicted molar refractivity (Wildman–Crippen MR) is 41.8 cm³/mol. The fourth-order valence-corrected chi connectivity index (χ4v) is 0.416. The van der Waals surface area contributed by atoms with Crippen LogP contribution in [0.3, 0.4) is 0 Å². The first-order chi connectivity index (χ1) is 4.06. The first-order valence-electron chi connectivity index (χ1n) is 3.31. The van der Waals surface area contributed by atoms with E-state index < -0.39 is 0 Å². The molecule has 0 aliphatic carbocycles. The second-order valence-corrected chi connectivity index (χ2v) is 3.34. The van der Waals surface area contributed by atoms with Crippen LogP contribution in [0.4, 0.5) is 0 Å². The van der Waals surface area contributed by atoms with Crippen LogP contribution < -0.4 is 0 Å². The van der Waals surface area contributed by atoms with E-state index in [0.717, 1.165) is 12.8 Å². The smallest absolute Gasteiger partial charge is 0.0137 e. The molecule has 0 heteroatoms. The molecule has 0 fully saturated rings. The minimum absolute atomic E-state index is 0.349. The van der Waals surface area contributed by atoms with E-state index in [1.807, 2.05) is 0 Å². The predicted octanol–water partition coefficient (Wildman–Crippen LogP) is 2.65. The van der Waals surface area contributed by atoms with Crippen molar-refractivity contribution in [3.05, 3.63) is 6.92 Å². The molecule has 0 aromatic heterocycles. The van der Waals surface area contributed by atoms with Gasteiger partial charge in [0.2, 0.25) is 0 Å². The Morgan fingerprint density at radius 1 is 1.22 bits per heavy atom. The van der Waals surface area contributed by atoms with E-state index in [-0.39, 0.29) is 0 Å². The minimum atomic E-state index is 0.349. The van der Waals surface area contributed by atoms with Crippen molar-refractivity contribution in [1.82, 2.24) is 0 Å². The fourth-order valence-electron chi connectivity index (χ4n) is 0.416. The lowest BCUT2D eigenvalue weighted by atomic mass is 9.93. The highest BCUT2D eigenvalue weighted by Crippen LogP contribution is 2.16. The van der Waals surface area contributed by atoms with Crippen molar-refractivity contribution in [2.24, 2.45) is 5.41 Å². The highest BCUT2D eigenvalue weighted by Gasteiger charge is 2.05. The molecule has 0 saturated heterocycles. The molecule has 0 bridgehead atoms. The topological polar surface area (TPSA) is 0 Å². The van der Waals surface area contributed by atoms with E-state index in [9.17, 15) is 0 Å². The summed E-state index contributed by atoms with van der Waals surface area (Å²) in [6, 6.07) is 0. The van der Waals surface area contributed by atoms with Crippen molar-refractivity contribution in [2.75, 3.05) is 0 Å². The zero-order valence-electron chi connectivity index (χ0n) is 6.62. The van der Waals surface area contributed by atoms with E-state index in [1.54, 1.807) is 0 Å². The Hall–Kier alpha value is -0.440. The normalized spacial score (nSPS) is 10.2. The molecule has 0 N–H and O–H groups in total. The fraction of sp³-hybridized carbons (Fsp3) is 0.667. The van der Waals surface area contributed by atoms with Gasteiger partial charge in [-0.15, -0.1) is 11.8 Å². The molecule has 0 unspecified atom stereocenters. The van der Waals surface area contributed by atoms with Crippen LogP contribution in [0.15, 0.2) is 0 Å². The summed E-state index contributed by atoms with van der Waals surface area (Å²) in [4.78, 5) is 0. The Balaban J connectivity index is 3.50. The Kier molecular flexibility index (Phi) is 3.39. The summed E-state index contributed by atoms with van der Waals surface area (Å²) in [6.45, 7) is 10.2. The third-order valence-corrected chi connectivity index (χ3v) is 0.869. The van der Waals surface area contributed by atoms with Gasteiger partial charge in [0.05, 0.1) is 0 Å². The van der Waals surface area contributed by atoms with Gasteiger partial charge in [0.15, 0.2) is 0 Å². The standard InChI is InChI=1S/C9H15/c1-5-6-7-8-9(2,3)4/h1,5,8H2,2-4H3. The van der Waals surface area contributed by atoms with Gasteiger partial charge in [0.25, 0.3) is 0 Å². The molecule has 0 aromatic rings. The highest BCUT2D eigenvalue weighted by molar-refractivity contribution is 5.01. The average molecular weight is 123 g/mol. The van der Waals surface area contributed by atoms with Gasteiger partial charge >= 0.3 is 0 Å². The Morgan fingerprint density at radius 2 is 1.78 bits per heavy atom. The molecule has 9 heavy (non-hydrogen) atoms. The molecule has 0 atom stereocenters. The SMILES string of the molecule is [CH2]CC#CCC(C)(C)C. The van der Waals surface area contributed by atoms with Crippen LogP contribution in [0.2, 0.25) is 0 Å². The maximum atomic E-state index is 3.63. The van der Waals surface area contributed by atoms with Gasteiger partial charge < -0.3 is 0 Å². The van der Waals surface area contributed by atoms with Gasteiger partial charge in [-0.3, -0.25) is 0 Å². The zero-order valence-corrected chi connectivity index (χ0v) is 6.62. The summed E-state index contributed by atoms with van der Waals surface area (Å²) >= 11 is 0. The second-order valence-electron chi connectivity index (χ2n) is 3.34. The zero-order chi connectivity index (χ0) is 7.33. The summed E-state index contributed by atoms with van der Waals surface area (Å²) < 4.78 is 0. The van der Waals surface area contributed by atoms with Crippen molar-refractivity contribution < 1.29 is 0 Å². The van der Waals surface area contributed by atoms with Crippen molar-refractivity contribution in [3.63, 3.8) is 0 Å². The second kappa shape index (κ2) is 3.56. The molecule has 0 spiro atoms. The average Bonchev–Trinajstić information content (AvgIpc) is 1.63. The molecular formula is C9H15. The maximum Gasteiger partial charge on any atom is 0.0137 e. The first kappa shape index (κ1) is 8.56. The highest BCUT2D eigenvalue weighted by atomic mass is 14.1. The van der Waals surface area contributed by atoms with Crippen molar-refractivity contribution in [3.8, 4) is 11.8 Å². The van der Waals surface area contributed by atoms with Gasteiger partial charge in [0, 0.05) is 12.8 Å². The van der Waals surface area contributed by atoms with E-state index >= 15 is 0 Å². The third kappa shape index (κ3) is 7.56. The lowest BCUT2D eigenvalue weighted by molar-refractivity contribution is 0.428. The van der Waals surface area contributed by atoms with Gasteiger partial charge in [-0.2, -0.15) is 0 Å². The van der Waals surface area contributed by atoms with Gasteiger partial charge in [-0.05, 0) is 12.3 Å². The van der Waals surface area contributed by atoms with Gasteiger partial charge in [-0.1, -0.05) is 20.8 Å². The summed E-state index contributed by atoms with van der Waals surface area (Å²) in [5.41, 5.74) is 0.349. The first-order valence-corrected chi connectivity index (χ1v) is 3.31. The van der Waals surface area contributed by atoms with Gasteiger partial charge in [0.1, 0.15) is 0 Å². The molecule has 51 valence electrons. The van der Waals surface area contributed by atoms with Crippen LogP contribution in [0.25, 0.3) is 0 Å². The molecule has 0 nitrogen and oxygen atoms in total.